The van der Waals surface area contributed by atoms with E-state index in [-0.39, 0.29) is 18.2 Å². The van der Waals surface area contributed by atoms with E-state index in [9.17, 15) is 4.79 Å². The number of azide groups is 1. The summed E-state index contributed by atoms with van der Waals surface area (Å²) in [5, 5.41) is 10.1. The van der Waals surface area contributed by atoms with Gasteiger partial charge in [-0.2, -0.15) is 5.10 Å². The van der Waals surface area contributed by atoms with E-state index in [4.69, 9.17) is 9.95 Å². The molecule has 0 aliphatic heterocycles. The third kappa shape index (κ3) is 3.62. The molecule has 2 aromatic heterocycles. The smallest absolute Gasteiger partial charge is 0.287 e. The maximum absolute atomic E-state index is 11.7. The van der Waals surface area contributed by atoms with Gasteiger partial charge in [-0.05, 0) is 23.7 Å². The highest BCUT2D eigenvalue weighted by Crippen LogP contribution is 2.08. The Morgan fingerprint density at radius 2 is 2.47 bits per heavy atom. The van der Waals surface area contributed by atoms with Crippen LogP contribution in [0.15, 0.2) is 40.1 Å². The fraction of sp³-hybridized carbons (Fsp3) is 0.273. The first kappa shape index (κ1) is 12.7. The minimum atomic E-state index is -0.306. The predicted molar refractivity (Wildman–Crippen MR) is 66.1 cm³/mol. The topological polar surface area (TPSA) is 109 Å². The quantitative estimate of drug-likeness (QED) is 0.485. The van der Waals surface area contributed by atoms with Gasteiger partial charge in [0.25, 0.3) is 5.91 Å². The Kier molecular flexibility index (Phi) is 4.20. The summed E-state index contributed by atoms with van der Waals surface area (Å²) in [6, 6.07) is 4.97. The SMILES string of the molecule is [N-]=[N+]=NCc1ccc(C(=O)NCCn2cccn2)o1. The largest absolute Gasteiger partial charge is 0.456 e. The van der Waals surface area contributed by atoms with Gasteiger partial charge in [0.1, 0.15) is 5.76 Å². The number of nitrogens with one attached hydrogen (secondary N) is 1. The van der Waals surface area contributed by atoms with Crippen LogP contribution in [0, 0.1) is 0 Å². The second kappa shape index (κ2) is 6.27. The molecule has 0 aliphatic rings. The molecule has 19 heavy (non-hydrogen) atoms. The molecular weight excluding hydrogens is 248 g/mol. The van der Waals surface area contributed by atoms with Gasteiger partial charge in [0.2, 0.25) is 0 Å². The van der Waals surface area contributed by atoms with Crippen molar-refractivity contribution in [1.82, 2.24) is 15.1 Å². The number of hydrogen-bond donors (Lipinski definition) is 1. The second-order valence-corrected chi connectivity index (χ2v) is 3.68. The Balaban J connectivity index is 1.82. The van der Waals surface area contributed by atoms with Gasteiger partial charge in [-0.15, -0.1) is 0 Å². The molecule has 0 atom stereocenters. The van der Waals surface area contributed by atoms with E-state index in [0.717, 1.165) is 0 Å². The van der Waals surface area contributed by atoms with Crippen LogP contribution < -0.4 is 5.32 Å². The lowest BCUT2D eigenvalue weighted by atomic mass is 10.4. The highest BCUT2D eigenvalue weighted by atomic mass is 16.4. The van der Waals surface area contributed by atoms with Gasteiger partial charge in [-0.25, -0.2) is 0 Å². The molecule has 2 rings (SSSR count). The van der Waals surface area contributed by atoms with Crippen molar-refractivity contribution >= 4 is 5.91 Å². The van der Waals surface area contributed by atoms with Crippen molar-refractivity contribution in [2.45, 2.75) is 13.1 Å². The molecule has 0 bridgehead atoms. The first-order chi connectivity index (χ1) is 9.29. The Labute approximate surface area is 108 Å². The van der Waals surface area contributed by atoms with Gasteiger partial charge in [-0.3, -0.25) is 9.48 Å². The molecule has 0 saturated heterocycles. The van der Waals surface area contributed by atoms with Crippen molar-refractivity contribution < 1.29 is 9.21 Å². The van der Waals surface area contributed by atoms with Crippen LogP contribution in [0.4, 0.5) is 0 Å². The molecule has 0 spiro atoms. The molecule has 2 aromatic rings. The van der Waals surface area contributed by atoms with Gasteiger partial charge in [-0.1, -0.05) is 5.11 Å². The van der Waals surface area contributed by atoms with Crippen LogP contribution in [0.3, 0.4) is 0 Å². The minimum Gasteiger partial charge on any atom is -0.456 e. The maximum Gasteiger partial charge on any atom is 0.287 e. The fourth-order valence-electron chi connectivity index (χ4n) is 1.49. The molecule has 8 nitrogen and oxygen atoms in total. The molecule has 1 N–H and O–H groups in total. The average Bonchev–Trinajstić information content (AvgIpc) is 3.07. The summed E-state index contributed by atoms with van der Waals surface area (Å²) in [4.78, 5) is 14.3. The molecule has 0 saturated carbocycles. The van der Waals surface area contributed by atoms with Crippen LogP contribution in [0.2, 0.25) is 0 Å². The monoisotopic (exact) mass is 260 g/mol. The summed E-state index contributed by atoms with van der Waals surface area (Å²) in [6.07, 6.45) is 3.49. The van der Waals surface area contributed by atoms with Crippen molar-refractivity contribution in [2.24, 2.45) is 5.11 Å². The lowest BCUT2D eigenvalue weighted by Crippen LogP contribution is -2.26. The molecule has 8 heteroatoms. The number of furan rings is 1. The lowest BCUT2D eigenvalue weighted by molar-refractivity contribution is 0.0922. The van der Waals surface area contributed by atoms with Crippen LogP contribution in [0.5, 0.6) is 0 Å². The molecule has 0 aromatic carbocycles. The highest BCUT2D eigenvalue weighted by molar-refractivity contribution is 5.91. The zero-order chi connectivity index (χ0) is 13.5. The fourth-order valence-corrected chi connectivity index (χ4v) is 1.49. The van der Waals surface area contributed by atoms with Crippen LogP contribution in [-0.2, 0) is 13.1 Å². The Morgan fingerprint density at radius 1 is 1.58 bits per heavy atom. The van der Waals surface area contributed by atoms with E-state index in [1.54, 1.807) is 23.0 Å². The molecule has 2 heterocycles. The standard InChI is InChI=1S/C11H12N6O2/c12-16-14-8-9-2-3-10(19-9)11(18)13-5-7-17-6-1-4-15-17/h1-4,6H,5,7-8H2,(H,13,18). The van der Waals surface area contributed by atoms with Crippen molar-refractivity contribution in [3.05, 3.63) is 52.6 Å². The summed E-state index contributed by atoms with van der Waals surface area (Å²) >= 11 is 0. The number of rotatable bonds is 6. The summed E-state index contributed by atoms with van der Waals surface area (Å²) in [5.74, 6) is 0.345. The molecule has 0 radical (unpaired) electrons. The van der Waals surface area contributed by atoms with E-state index in [1.165, 1.54) is 0 Å². The Bertz CT molecular complexity index is 582. The normalized spacial score (nSPS) is 9.89. The lowest BCUT2D eigenvalue weighted by Gasteiger charge is -2.03. The first-order valence-electron chi connectivity index (χ1n) is 5.65. The summed E-state index contributed by atoms with van der Waals surface area (Å²) < 4.78 is 6.95. The number of carbonyl (C=O) groups excluding carboxylic acids is 1. The number of carbonyl (C=O) groups is 1. The molecule has 0 fully saturated rings. The average molecular weight is 260 g/mol. The van der Waals surface area contributed by atoms with E-state index in [0.29, 0.717) is 18.8 Å². The minimum absolute atomic E-state index is 0.0943. The third-order valence-corrected chi connectivity index (χ3v) is 2.36. The molecule has 98 valence electrons. The van der Waals surface area contributed by atoms with E-state index >= 15 is 0 Å². The van der Waals surface area contributed by atoms with Gasteiger partial charge < -0.3 is 9.73 Å². The van der Waals surface area contributed by atoms with Gasteiger partial charge in [0.05, 0.1) is 13.1 Å². The van der Waals surface area contributed by atoms with E-state index in [2.05, 4.69) is 20.4 Å². The van der Waals surface area contributed by atoms with Crippen LogP contribution in [0.1, 0.15) is 16.3 Å². The van der Waals surface area contributed by atoms with Crippen LogP contribution in [-0.4, -0.2) is 22.2 Å². The maximum atomic E-state index is 11.7. The third-order valence-electron chi connectivity index (χ3n) is 2.36. The van der Waals surface area contributed by atoms with Gasteiger partial charge in [0, 0.05) is 23.9 Å². The molecule has 1 amide bonds. The predicted octanol–water partition coefficient (Wildman–Crippen LogP) is 1.72. The Hall–Kier alpha value is -2.73. The van der Waals surface area contributed by atoms with Crippen molar-refractivity contribution in [3.8, 4) is 0 Å². The van der Waals surface area contributed by atoms with Gasteiger partial charge in [0.15, 0.2) is 5.76 Å². The number of aromatic nitrogens is 2. The first-order valence-corrected chi connectivity index (χ1v) is 5.65. The van der Waals surface area contributed by atoms with Crippen LogP contribution in [0.25, 0.3) is 10.4 Å². The van der Waals surface area contributed by atoms with Crippen LogP contribution >= 0.6 is 0 Å². The summed E-state index contributed by atoms with van der Waals surface area (Å²) in [5.41, 5.74) is 8.18. The molecule has 0 aliphatic carbocycles. The zero-order valence-corrected chi connectivity index (χ0v) is 10.1. The number of hydrogen-bond acceptors (Lipinski definition) is 4. The second-order valence-electron chi connectivity index (χ2n) is 3.68. The highest BCUT2D eigenvalue weighted by Gasteiger charge is 2.10. The van der Waals surface area contributed by atoms with Crippen molar-refractivity contribution in [2.75, 3.05) is 6.54 Å². The van der Waals surface area contributed by atoms with Gasteiger partial charge >= 0.3 is 0 Å². The van der Waals surface area contributed by atoms with Crippen molar-refractivity contribution in [3.63, 3.8) is 0 Å². The van der Waals surface area contributed by atoms with Crippen molar-refractivity contribution in [1.29, 1.82) is 0 Å². The Morgan fingerprint density at radius 3 is 3.21 bits per heavy atom. The molecule has 0 unspecified atom stereocenters. The number of amides is 1. The number of nitrogens with zero attached hydrogens (tertiary/aromatic N) is 5. The van der Waals surface area contributed by atoms with E-state index in [1.807, 2.05) is 12.3 Å². The summed E-state index contributed by atoms with van der Waals surface area (Å²) in [7, 11) is 0. The zero-order valence-electron chi connectivity index (χ0n) is 10.1. The van der Waals surface area contributed by atoms with E-state index < -0.39 is 0 Å². The molecular formula is C11H12N6O2. The summed E-state index contributed by atoms with van der Waals surface area (Å²) in [6.45, 7) is 1.13.